The Hall–Kier alpha value is -0.890. The molecule has 1 N–H and O–H groups in total. The van der Waals surface area contributed by atoms with Crippen molar-refractivity contribution in [1.29, 1.82) is 0 Å². The fourth-order valence-corrected chi connectivity index (χ4v) is 3.20. The van der Waals surface area contributed by atoms with Crippen LogP contribution in [0.25, 0.3) is 0 Å². The van der Waals surface area contributed by atoms with Crippen LogP contribution in [-0.4, -0.2) is 11.5 Å². The summed E-state index contributed by atoms with van der Waals surface area (Å²) in [5, 5.41) is 3.70. The average molecular weight is 246 g/mol. The van der Waals surface area contributed by atoms with Gasteiger partial charge in [-0.25, -0.2) is 0 Å². The lowest BCUT2D eigenvalue weighted by Gasteiger charge is -2.28. The predicted molar refractivity (Wildman–Crippen MR) is 76.6 cm³/mol. The third-order valence-corrected chi connectivity index (χ3v) is 4.21. The molecule has 1 aliphatic carbocycles. The Bertz CT molecular complexity index is 354. The number of hydrogen-bond donors (Lipinski definition) is 1. The van der Waals surface area contributed by atoms with E-state index in [-0.39, 0.29) is 0 Å². The second kappa shape index (κ2) is 6.89. The van der Waals surface area contributed by atoms with Crippen molar-refractivity contribution in [1.82, 2.24) is 10.3 Å². The summed E-state index contributed by atoms with van der Waals surface area (Å²) in [7, 11) is 0. The molecule has 2 nitrogen and oxygen atoms in total. The number of aryl methyl sites for hydroxylation is 1. The highest BCUT2D eigenvalue weighted by Crippen LogP contribution is 2.34. The van der Waals surface area contributed by atoms with E-state index in [4.69, 9.17) is 0 Å². The molecule has 1 heterocycles. The molecule has 0 aromatic carbocycles. The van der Waals surface area contributed by atoms with Crippen molar-refractivity contribution in [2.45, 2.75) is 58.4 Å². The van der Waals surface area contributed by atoms with Crippen LogP contribution in [0.2, 0.25) is 0 Å². The monoisotopic (exact) mass is 246 g/mol. The van der Waals surface area contributed by atoms with E-state index in [0.29, 0.717) is 6.04 Å². The molecule has 0 saturated heterocycles. The maximum atomic E-state index is 4.33. The Morgan fingerprint density at radius 1 is 1.28 bits per heavy atom. The van der Waals surface area contributed by atoms with Gasteiger partial charge in [0.2, 0.25) is 0 Å². The summed E-state index contributed by atoms with van der Waals surface area (Å²) >= 11 is 0. The van der Waals surface area contributed by atoms with Crippen LogP contribution >= 0.6 is 0 Å². The number of nitrogens with one attached hydrogen (secondary N) is 1. The van der Waals surface area contributed by atoms with Crippen molar-refractivity contribution in [2.75, 3.05) is 6.54 Å². The average Bonchev–Trinajstić information content (AvgIpc) is 2.66. The molecule has 1 atom stereocenters. The van der Waals surface area contributed by atoms with Crippen LogP contribution in [0.1, 0.15) is 62.6 Å². The van der Waals surface area contributed by atoms with Gasteiger partial charge in [-0.3, -0.25) is 4.98 Å². The van der Waals surface area contributed by atoms with Gasteiger partial charge < -0.3 is 5.32 Å². The standard InChI is InChI=1S/C16H26N2/c1-3-18-16(14-8-6-4-5-7-9-14)15-12-17-11-10-13(15)2/h10-12,14,16,18H,3-9H2,1-2H3. The molecule has 0 amide bonds. The van der Waals surface area contributed by atoms with Crippen LogP contribution in [0, 0.1) is 12.8 Å². The van der Waals surface area contributed by atoms with Gasteiger partial charge in [0.05, 0.1) is 0 Å². The first-order valence-electron chi connectivity index (χ1n) is 7.46. The topological polar surface area (TPSA) is 24.9 Å². The lowest BCUT2D eigenvalue weighted by molar-refractivity contribution is 0.328. The fraction of sp³-hybridized carbons (Fsp3) is 0.688. The van der Waals surface area contributed by atoms with Gasteiger partial charge in [0.15, 0.2) is 0 Å². The van der Waals surface area contributed by atoms with Crippen LogP contribution in [-0.2, 0) is 0 Å². The summed E-state index contributed by atoms with van der Waals surface area (Å²) in [6.45, 7) is 5.45. The maximum absolute atomic E-state index is 4.33. The van der Waals surface area contributed by atoms with E-state index in [9.17, 15) is 0 Å². The first-order chi connectivity index (χ1) is 8.83. The minimum absolute atomic E-state index is 0.502. The van der Waals surface area contributed by atoms with E-state index >= 15 is 0 Å². The van der Waals surface area contributed by atoms with Crippen molar-refractivity contribution in [2.24, 2.45) is 5.92 Å². The van der Waals surface area contributed by atoms with Gasteiger partial charge in [0.1, 0.15) is 0 Å². The zero-order valence-electron chi connectivity index (χ0n) is 11.8. The maximum Gasteiger partial charge on any atom is 0.0366 e. The van der Waals surface area contributed by atoms with E-state index in [1.165, 1.54) is 49.7 Å². The van der Waals surface area contributed by atoms with Crippen LogP contribution < -0.4 is 5.32 Å². The zero-order valence-corrected chi connectivity index (χ0v) is 11.8. The SMILES string of the molecule is CCNC(c1cnccc1C)C1CCCCCC1. The van der Waals surface area contributed by atoms with Gasteiger partial charge in [-0.05, 0) is 49.4 Å². The van der Waals surface area contributed by atoms with Crippen LogP contribution in [0.5, 0.6) is 0 Å². The number of rotatable bonds is 4. The molecule has 1 aromatic heterocycles. The highest BCUT2D eigenvalue weighted by atomic mass is 14.9. The molecule has 2 heteroatoms. The Labute approximate surface area is 111 Å². The van der Waals surface area contributed by atoms with Crippen LogP contribution in [0.3, 0.4) is 0 Å². The lowest BCUT2D eigenvalue weighted by atomic mass is 9.86. The van der Waals surface area contributed by atoms with Crippen molar-refractivity contribution in [3.8, 4) is 0 Å². The molecule has 1 aromatic rings. The number of nitrogens with zero attached hydrogens (tertiary/aromatic N) is 1. The summed E-state index contributed by atoms with van der Waals surface area (Å²) in [6, 6.07) is 2.64. The molecule has 2 rings (SSSR count). The third-order valence-electron chi connectivity index (χ3n) is 4.21. The summed E-state index contributed by atoms with van der Waals surface area (Å²) in [4.78, 5) is 4.33. The fourth-order valence-electron chi connectivity index (χ4n) is 3.20. The molecule has 18 heavy (non-hydrogen) atoms. The molecule has 100 valence electrons. The van der Waals surface area contributed by atoms with Gasteiger partial charge in [0.25, 0.3) is 0 Å². The van der Waals surface area contributed by atoms with Crippen molar-refractivity contribution in [3.05, 3.63) is 29.6 Å². The molecule has 0 aliphatic heterocycles. The predicted octanol–water partition coefficient (Wildman–Crippen LogP) is 4.01. The van der Waals surface area contributed by atoms with E-state index in [2.05, 4.69) is 36.4 Å². The van der Waals surface area contributed by atoms with Gasteiger partial charge in [-0.2, -0.15) is 0 Å². The molecule has 1 fully saturated rings. The minimum Gasteiger partial charge on any atom is -0.310 e. The largest absolute Gasteiger partial charge is 0.310 e. The molecule has 0 radical (unpaired) electrons. The highest BCUT2D eigenvalue weighted by Gasteiger charge is 2.24. The van der Waals surface area contributed by atoms with Crippen molar-refractivity contribution < 1.29 is 0 Å². The van der Waals surface area contributed by atoms with E-state index in [1.807, 2.05) is 6.20 Å². The summed E-state index contributed by atoms with van der Waals surface area (Å²) in [6.07, 6.45) is 12.3. The van der Waals surface area contributed by atoms with E-state index < -0.39 is 0 Å². The van der Waals surface area contributed by atoms with Gasteiger partial charge in [-0.15, -0.1) is 0 Å². The van der Waals surface area contributed by atoms with E-state index in [0.717, 1.165) is 12.5 Å². The highest BCUT2D eigenvalue weighted by molar-refractivity contribution is 5.25. The third kappa shape index (κ3) is 3.32. The zero-order chi connectivity index (χ0) is 12.8. The molecule has 1 unspecified atom stereocenters. The van der Waals surface area contributed by atoms with Crippen LogP contribution in [0.4, 0.5) is 0 Å². The van der Waals surface area contributed by atoms with Gasteiger partial charge >= 0.3 is 0 Å². The van der Waals surface area contributed by atoms with Gasteiger partial charge in [0, 0.05) is 18.4 Å². The Morgan fingerprint density at radius 3 is 2.61 bits per heavy atom. The molecule has 1 saturated carbocycles. The summed E-state index contributed by atoms with van der Waals surface area (Å²) in [5.74, 6) is 0.787. The van der Waals surface area contributed by atoms with Crippen LogP contribution in [0.15, 0.2) is 18.5 Å². The van der Waals surface area contributed by atoms with Crippen molar-refractivity contribution >= 4 is 0 Å². The van der Waals surface area contributed by atoms with Gasteiger partial charge in [-0.1, -0.05) is 32.6 Å². The summed E-state index contributed by atoms with van der Waals surface area (Å²) in [5.41, 5.74) is 2.78. The normalized spacial score (nSPS) is 19.4. The number of hydrogen-bond acceptors (Lipinski definition) is 2. The van der Waals surface area contributed by atoms with E-state index in [1.54, 1.807) is 0 Å². The second-order valence-corrected chi connectivity index (χ2v) is 5.52. The molecular weight excluding hydrogens is 220 g/mol. The smallest absolute Gasteiger partial charge is 0.0366 e. The first-order valence-corrected chi connectivity index (χ1v) is 7.46. The molecular formula is C16H26N2. The summed E-state index contributed by atoms with van der Waals surface area (Å²) < 4.78 is 0. The van der Waals surface area contributed by atoms with Crippen molar-refractivity contribution in [3.63, 3.8) is 0 Å². The lowest BCUT2D eigenvalue weighted by Crippen LogP contribution is -2.29. The molecule has 0 spiro atoms. The second-order valence-electron chi connectivity index (χ2n) is 5.52. The Kier molecular flexibility index (Phi) is 5.18. The minimum atomic E-state index is 0.502. The number of aromatic nitrogens is 1. The molecule has 1 aliphatic rings. The Morgan fingerprint density at radius 2 is 2.00 bits per heavy atom. The molecule has 0 bridgehead atoms. The first kappa shape index (κ1) is 13.5. The Balaban J connectivity index is 2.18. The number of pyridine rings is 1. The quantitative estimate of drug-likeness (QED) is 0.812.